The lowest BCUT2D eigenvalue weighted by atomic mass is 9.98. The number of carbonyl (C=O) groups is 1. The molecule has 1 aliphatic carbocycles. The number of anilines is 1. The highest BCUT2D eigenvalue weighted by Gasteiger charge is 2.29. The largest absolute Gasteiger partial charge is 0.449 e. The first kappa shape index (κ1) is 19.6. The SMILES string of the molecule is O=C(NCc1ccccc1N1CC[C@@H](O)C1)OCC1c2ccccc2-c2ccccc21. The second kappa shape index (κ2) is 8.44. The number of nitrogens with one attached hydrogen (secondary N) is 1. The van der Waals surface area contributed by atoms with Gasteiger partial charge in [0.05, 0.1) is 6.10 Å². The van der Waals surface area contributed by atoms with Gasteiger partial charge in [-0.2, -0.15) is 0 Å². The van der Waals surface area contributed by atoms with Crippen LogP contribution in [0.2, 0.25) is 0 Å². The Hall–Kier alpha value is -3.31. The molecule has 31 heavy (non-hydrogen) atoms. The lowest BCUT2D eigenvalue weighted by molar-refractivity contribution is 0.142. The molecule has 1 aliphatic heterocycles. The summed E-state index contributed by atoms with van der Waals surface area (Å²) in [7, 11) is 0. The van der Waals surface area contributed by atoms with Gasteiger partial charge in [-0.25, -0.2) is 4.79 Å². The molecule has 1 fully saturated rings. The molecule has 0 unspecified atom stereocenters. The van der Waals surface area contributed by atoms with Crippen molar-refractivity contribution in [3.8, 4) is 11.1 Å². The van der Waals surface area contributed by atoms with Gasteiger partial charge in [0.1, 0.15) is 6.61 Å². The highest BCUT2D eigenvalue weighted by Crippen LogP contribution is 2.44. The number of rotatable bonds is 5. The standard InChI is InChI=1S/C26H26N2O3/c29-19-13-14-28(16-19)25-12-6-1-7-18(25)15-27-26(30)31-17-24-22-10-4-2-8-20(22)21-9-3-5-11-23(21)24/h1-12,19,24,29H,13-17H2,(H,27,30)/t19-/m1/s1. The molecule has 5 heteroatoms. The van der Waals surface area contributed by atoms with Crippen LogP contribution in [0.5, 0.6) is 0 Å². The average Bonchev–Trinajstić information content (AvgIpc) is 3.38. The number of aliphatic hydroxyl groups is 1. The van der Waals surface area contributed by atoms with Gasteiger partial charge < -0.3 is 20.1 Å². The molecule has 5 rings (SSSR count). The Balaban J connectivity index is 1.23. The summed E-state index contributed by atoms with van der Waals surface area (Å²) in [5.41, 5.74) is 6.91. The molecule has 158 valence electrons. The third-order valence-electron chi connectivity index (χ3n) is 6.26. The lowest BCUT2D eigenvalue weighted by Gasteiger charge is -2.21. The van der Waals surface area contributed by atoms with Gasteiger partial charge in [0.15, 0.2) is 0 Å². The van der Waals surface area contributed by atoms with Crippen molar-refractivity contribution >= 4 is 11.8 Å². The number of benzene rings is 3. The van der Waals surface area contributed by atoms with Crippen LogP contribution in [-0.4, -0.2) is 37.0 Å². The summed E-state index contributed by atoms with van der Waals surface area (Å²) in [5, 5.41) is 12.7. The Kier molecular flexibility index (Phi) is 5.35. The molecule has 1 amide bonds. The summed E-state index contributed by atoms with van der Waals surface area (Å²) in [5.74, 6) is 0.0523. The van der Waals surface area contributed by atoms with Gasteiger partial charge in [-0.3, -0.25) is 0 Å². The first-order valence-electron chi connectivity index (χ1n) is 10.8. The van der Waals surface area contributed by atoms with Crippen molar-refractivity contribution in [2.75, 3.05) is 24.6 Å². The number of hydrogen-bond acceptors (Lipinski definition) is 4. The van der Waals surface area contributed by atoms with Gasteiger partial charge in [0.25, 0.3) is 0 Å². The van der Waals surface area contributed by atoms with Crippen LogP contribution >= 0.6 is 0 Å². The van der Waals surface area contributed by atoms with Crippen LogP contribution in [0.1, 0.15) is 29.0 Å². The van der Waals surface area contributed by atoms with Crippen molar-refractivity contribution in [3.63, 3.8) is 0 Å². The molecule has 2 aliphatic rings. The summed E-state index contributed by atoms with van der Waals surface area (Å²) in [6.07, 6.45) is 0.0648. The molecule has 3 aromatic carbocycles. The molecule has 0 bridgehead atoms. The van der Waals surface area contributed by atoms with E-state index in [0.717, 1.165) is 24.2 Å². The predicted octanol–water partition coefficient (Wildman–Crippen LogP) is 4.30. The molecule has 2 N–H and O–H groups in total. The van der Waals surface area contributed by atoms with Crippen LogP contribution in [0.25, 0.3) is 11.1 Å². The molecule has 0 radical (unpaired) electrons. The van der Waals surface area contributed by atoms with Gasteiger partial charge in [-0.1, -0.05) is 66.7 Å². The van der Waals surface area contributed by atoms with Crippen LogP contribution in [0.3, 0.4) is 0 Å². The minimum Gasteiger partial charge on any atom is -0.449 e. The van der Waals surface area contributed by atoms with Crippen molar-refractivity contribution in [3.05, 3.63) is 89.5 Å². The van der Waals surface area contributed by atoms with Gasteiger partial charge in [-0.15, -0.1) is 0 Å². The number of amides is 1. The number of fused-ring (bicyclic) bond motifs is 3. The minimum atomic E-state index is -0.418. The first-order chi connectivity index (χ1) is 15.2. The second-order valence-electron chi connectivity index (χ2n) is 8.20. The topological polar surface area (TPSA) is 61.8 Å². The molecule has 5 nitrogen and oxygen atoms in total. The average molecular weight is 415 g/mol. The number of para-hydroxylation sites is 1. The van der Waals surface area contributed by atoms with E-state index in [4.69, 9.17) is 4.74 Å². The Morgan fingerprint density at radius 2 is 1.61 bits per heavy atom. The quantitative estimate of drug-likeness (QED) is 0.654. The number of nitrogens with zero attached hydrogens (tertiary/aromatic N) is 1. The van der Waals surface area contributed by atoms with E-state index < -0.39 is 6.09 Å². The molecule has 0 saturated carbocycles. The highest BCUT2D eigenvalue weighted by atomic mass is 16.5. The Bertz CT molecular complexity index is 1050. The number of aliphatic hydroxyl groups excluding tert-OH is 1. The fourth-order valence-electron chi connectivity index (χ4n) is 4.75. The van der Waals surface area contributed by atoms with Crippen LogP contribution in [-0.2, 0) is 11.3 Å². The van der Waals surface area contributed by atoms with Crippen LogP contribution in [0, 0.1) is 0 Å². The van der Waals surface area contributed by atoms with Crippen LogP contribution in [0.15, 0.2) is 72.8 Å². The summed E-state index contributed by atoms with van der Waals surface area (Å²) in [6, 6.07) is 24.6. The van der Waals surface area contributed by atoms with E-state index >= 15 is 0 Å². The summed E-state index contributed by atoms with van der Waals surface area (Å²) in [4.78, 5) is 14.7. The summed E-state index contributed by atoms with van der Waals surface area (Å²) < 4.78 is 5.64. The number of hydrogen-bond donors (Lipinski definition) is 2. The number of β-amino-alcohol motifs (C(OH)–C–C–N with tert-alkyl or cyclic N) is 1. The molecule has 1 saturated heterocycles. The van der Waals surface area contributed by atoms with E-state index in [9.17, 15) is 9.90 Å². The van der Waals surface area contributed by atoms with E-state index in [0.29, 0.717) is 19.7 Å². The molecular weight excluding hydrogens is 388 g/mol. The molecule has 1 heterocycles. The molecule has 3 aromatic rings. The van der Waals surface area contributed by atoms with Crippen molar-refractivity contribution in [1.82, 2.24) is 5.32 Å². The zero-order valence-electron chi connectivity index (χ0n) is 17.3. The molecular formula is C26H26N2O3. The van der Waals surface area contributed by atoms with E-state index in [-0.39, 0.29) is 12.0 Å². The van der Waals surface area contributed by atoms with Crippen LogP contribution < -0.4 is 10.2 Å². The van der Waals surface area contributed by atoms with Crippen LogP contribution in [0.4, 0.5) is 10.5 Å². The summed E-state index contributed by atoms with van der Waals surface area (Å²) >= 11 is 0. The Labute approximate surface area is 182 Å². The number of carbonyl (C=O) groups excluding carboxylic acids is 1. The number of ether oxygens (including phenoxy) is 1. The normalized spacial score (nSPS) is 17.3. The fourth-order valence-corrected chi connectivity index (χ4v) is 4.75. The van der Waals surface area contributed by atoms with E-state index in [1.807, 2.05) is 48.5 Å². The zero-order chi connectivity index (χ0) is 21.2. The van der Waals surface area contributed by atoms with Gasteiger partial charge in [0, 0.05) is 31.2 Å². The van der Waals surface area contributed by atoms with Gasteiger partial charge in [-0.05, 0) is 40.3 Å². The predicted molar refractivity (Wildman–Crippen MR) is 121 cm³/mol. The monoisotopic (exact) mass is 414 g/mol. The maximum absolute atomic E-state index is 12.5. The summed E-state index contributed by atoms with van der Waals surface area (Å²) in [6.45, 7) is 2.14. The van der Waals surface area contributed by atoms with E-state index in [1.54, 1.807) is 0 Å². The van der Waals surface area contributed by atoms with Crippen molar-refractivity contribution in [2.45, 2.75) is 25.0 Å². The first-order valence-corrected chi connectivity index (χ1v) is 10.8. The fraction of sp³-hybridized carbons (Fsp3) is 0.269. The van der Waals surface area contributed by atoms with Crippen molar-refractivity contribution in [2.24, 2.45) is 0 Å². The van der Waals surface area contributed by atoms with Crippen molar-refractivity contribution in [1.29, 1.82) is 0 Å². The second-order valence-corrected chi connectivity index (χ2v) is 8.20. The maximum Gasteiger partial charge on any atom is 0.407 e. The molecule has 1 atom stereocenters. The highest BCUT2D eigenvalue weighted by molar-refractivity contribution is 5.79. The smallest absolute Gasteiger partial charge is 0.407 e. The van der Waals surface area contributed by atoms with E-state index in [2.05, 4.69) is 34.5 Å². The zero-order valence-corrected chi connectivity index (χ0v) is 17.3. The third-order valence-corrected chi connectivity index (χ3v) is 6.26. The molecule has 0 spiro atoms. The third kappa shape index (κ3) is 3.89. The Morgan fingerprint density at radius 3 is 2.29 bits per heavy atom. The lowest BCUT2D eigenvalue weighted by Crippen LogP contribution is -2.28. The van der Waals surface area contributed by atoms with E-state index in [1.165, 1.54) is 22.3 Å². The maximum atomic E-state index is 12.5. The minimum absolute atomic E-state index is 0.0523. The number of alkyl carbamates (subject to hydrolysis) is 1. The molecule has 0 aromatic heterocycles. The van der Waals surface area contributed by atoms with Crippen molar-refractivity contribution < 1.29 is 14.6 Å². The Morgan fingerprint density at radius 1 is 0.968 bits per heavy atom. The van der Waals surface area contributed by atoms with Gasteiger partial charge in [0.2, 0.25) is 0 Å². The van der Waals surface area contributed by atoms with Gasteiger partial charge >= 0.3 is 6.09 Å².